The quantitative estimate of drug-likeness (QED) is 0.175. The molecule has 3 heterocycles. The van der Waals surface area contributed by atoms with Crippen LogP contribution in [0.25, 0.3) is 0 Å². The number of esters is 3. The number of ether oxygens (including phenoxy) is 10. The molecule has 3 aliphatic heterocycles. The molecule has 15 nitrogen and oxygen atoms in total. The lowest BCUT2D eigenvalue weighted by atomic mass is 9.94. The van der Waals surface area contributed by atoms with Crippen molar-refractivity contribution < 1.29 is 66.5 Å². The van der Waals surface area contributed by atoms with Gasteiger partial charge in [-0.3, -0.25) is 19.2 Å². The standard InChI is InChI=1S/C42H49NO14/c1-25(44)43-35-38(53-28(4)47)36(52-27(3)46)32(23-48-26(2)45)54-41(35)57-39-37-33(24-49-34(56-37)20-29-14-8-5-9-15-29)55-42(51-22-31-18-12-7-13-19-31)40(39)50-21-30-16-10-6-11-17-30/h5-19,32-42H,20-24H2,1-4H3,(H,43,44)/t32?,33?,34?,35-,36+,37+,38+,39-,40+,41-,42-/m0/s1. The van der Waals surface area contributed by atoms with Gasteiger partial charge in [0.2, 0.25) is 5.91 Å². The van der Waals surface area contributed by atoms with E-state index in [2.05, 4.69) is 5.32 Å². The monoisotopic (exact) mass is 791 g/mol. The van der Waals surface area contributed by atoms with Gasteiger partial charge in [-0.15, -0.1) is 0 Å². The van der Waals surface area contributed by atoms with Crippen molar-refractivity contribution in [3.8, 4) is 0 Å². The fourth-order valence-electron chi connectivity index (χ4n) is 7.05. The first-order valence-electron chi connectivity index (χ1n) is 18.9. The van der Waals surface area contributed by atoms with Gasteiger partial charge in [0, 0.05) is 34.1 Å². The van der Waals surface area contributed by atoms with Gasteiger partial charge in [-0.25, -0.2) is 0 Å². The average molecular weight is 792 g/mol. The molecular weight excluding hydrogens is 742 g/mol. The molecule has 15 heteroatoms. The summed E-state index contributed by atoms with van der Waals surface area (Å²) in [5.41, 5.74) is 2.73. The Hall–Kier alpha value is -4.74. The SMILES string of the molecule is CC(=O)N[C@@H]1[C@H](O[C@@H]2[C@@H](OCc3ccccc3)[C@@H](OCc3ccccc3)OC3COC(Cc4ccccc4)O[C@H]32)OC(COC(C)=O)[C@@H](OC(C)=O)[C@@H]1OC(C)=O. The highest BCUT2D eigenvalue weighted by Gasteiger charge is 2.57. The van der Waals surface area contributed by atoms with Crippen molar-refractivity contribution in [2.24, 2.45) is 0 Å². The summed E-state index contributed by atoms with van der Waals surface area (Å²) in [6.07, 6.45) is -10.2. The number of benzene rings is 3. The van der Waals surface area contributed by atoms with E-state index in [0.717, 1.165) is 16.7 Å². The second kappa shape index (κ2) is 20.1. The number of rotatable bonds is 15. The van der Waals surface area contributed by atoms with Gasteiger partial charge in [-0.1, -0.05) is 91.0 Å². The molecule has 3 fully saturated rings. The van der Waals surface area contributed by atoms with Crippen LogP contribution in [0.1, 0.15) is 44.4 Å². The first-order chi connectivity index (χ1) is 27.5. The Morgan fingerprint density at radius 3 is 1.79 bits per heavy atom. The summed E-state index contributed by atoms with van der Waals surface area (Å²) in [7, 11) is 0. The molecule has 3 aliphatic rings. The Kier molecular flexibility index (Phi) is 14.8. The summed E-state index contributed by atoms with van der Waals surface area (Å²) < 4.78 is 62.5. The molecule has 0 bridgehead atoms. The molecule has 0 aliphatic carbocycles. The van der Waals surface area contributed by atoms with E-state index in [9.17, 15) is 19.2 Å². The third kappa shape index (κ3) is 11.7. The van der Waals surface area contributed by atoms with Gasteiger partial charge in [0.15, 0.2) is 31.1 Å². The number of amides is 1. The first kappa shape index (κ1) is 41.9. The van der Waals surface area contributed by atoms with Crippen LogP contribution in [-0.2, 0) is 86.2 Å². The van der Waals surface area contributed by atoms with Crippen LogP contribution < -0.4 is 5.32 Å². The second-order valence-electron chi connectivity index (χ2n) is 14.0. The van der Waals surface area contributed by atoms with Crippen molar-refractivity contribution in [2.75, 3.05) is 13.2 Å². The number of carbonyl (C=O) groups excluding carboxylic acids is 4. The summed E-state index contributed by atoms with van der Waals surface area (Å²) in [6, 6.07) is 27.5. The van der Waals surface area contributed by atoms with Crippen molar-refractivity contribution in [3.63, 3.8) is 0 Å². The van der Waals surface area contributed by atoms with Crippen LogP contribution in [0.4, 0.5) is 0 Å². The van der Waals surface area contributed by atoms with Crippen LogP contribution in [-0.4, -0.2) is 105 Å². The molecule has 1 amide bonds. The second-order valence-corrected chi connectivity index (χ2v) is 14.0. The molecule has 1 N–H and O–H groups in total. The normalized spacial score (nSPS) is 29.6. The van der Waals surface area contributed by atoms with E-state index >= 15 is 0 Å². The molecule has 3 unspecified atom stereocenters. The fraction of sp³-hybridized carbons (Fsp3) is 0.476. The predicted octanol–water partition coefficient (Wildman–Crippen LogP) is 3.54. The van der Waals surface area contributed by atoms with Crippen LogP contribution in [0.2, 0.25) is 0 Å². The van der Waals surface area contributed by atoms with Crippen molar-refractivity contribution in [2.45, 2.75) is 115 Å². The minimum Gasteiger partial charge on any atom is -0.463 e. The number of hydrogen-bond acceptors (Lipinski definition) is 14. The number of carbonyl (C=O) groups is 4. The summed E-state index contributed by atoms with van der Waals surface area (Å²) >= 11 is 0. The molecule has 11 atom stereocenters. The van der Waals surface area contributed by atoms with E-state index in [1.165, 1.54) is 27.7 Å². The number of fused-ring (bicyclic) bond motifs is 1. The highest BCUT2D eigenvalue weighted by atomic mass is 16.8. The molecule has 0 radical (unpaired) electrons. The Bertz CT molecular complexity index is 1760. The zero-order chi connectivity index (χ0) is 40.3. The topological polar surface area (TPSA) is 173 Å². The minimum atomic E-state index is -1.43. The largest absolute Gasteiger partial charge is 0.463 e. The smallest absolute Gasteiger partial charge is 0.303 e. The van der Waals surface area contributed by atoms with Crippen LogP contribution in [0.3, 0.4) is 0 Å². The fourth-order valence-corrected chi connectivity index (χ4v) is 7.05. The van der Waals surface area contributed by atoms with Gasteiger partial charge < -0.3 is 52.7 Å². The van der Waals surface area contributed by atoms with Gasteiger partial charge >= 0.3 is 17.9 Å². The summed E-state index contributed by atoms with van der Waals surface area (Å²) in [5.74, 6) is -2.62. The van der Waals surface area contributed by atoms with Gasteiger partial charge in [-0.05, 0) is 16.7 Å². The molecule has 3 saturated heterocycles. The molecular formula is C42H49NO14. The van der Waals surface area contributed by atoms with Gasteiger partial charge in [0.1, 0.15) is 43.2 Å². The van der Waals surface area contributed by atoms with E-state index in [0.29, 0.717) is 6.42 Å². The van der Waals surface area contributed by atoms with E-state index < -0.39 is 98.1 Å². The predicted molar refractivity (Wildman–Crippen MR) is 199 cm³/mol. The van der Waals surface area contributed by atoms with Crippen LogP contribution in [0, 0.1) is 0 Å². The van der Waals surface area contributed by atoms with Gasteiger partial charge in [0.05, 0.1) is 19.8 Å². The maximum Gasteiger partial charge on any atom is 0.303 e. The van der Waals surface area contributed by atoms with Crippen LogP contribution >= 0.6 is 0 Å². The molecule has 0 spiro atoms. The Labute approximate surface area is 331 Å². The lowest BCUT2D eigenvalue weighted by molar-refractivity contribution is -0.390. The van der Waals surface area contributed by atoms with Gasteiger partial charge in [0.25, 0.3) is 0 Å². The van der Waals surface area contributed by atoms with E-state index in [4.69, 9.17) is 47.4 Å². The molecule has 57 heavy (non-hydrogen) atoms. The lowest BCUT2D eigenvalue weighted by Crippen LogP contribution is -2.70. The Balaban J connectivity index is 1.39. The number of hydrogen-bond donors (Lipinski definition) is 1. The molecule has 0 aromatic heterocycles. The summed E-state index contributed by atoms with van der Waals surface area (Å²) in [4.78, 5) is 49.8. The minimum absolute atomic E-state index is 0.110. The zero-order valence-electron chi connectivity index (χ0n) is 32.3. The van der Waals surface area contributed by atoms with Crippen molar-refractivity contribution in [1.82, 2.24) is 5.32 Å². The Morgan fingerprint density at radius 1 is 0.632 bits per heavy atom. The average Bonchev–Trinajstić information content (AvgIpc) is 3.19. The van der Waals surface area contributed by atoms with Crippen molar-refractivity contribution in [1.29, 1.82) is 0 Å². The third-order valence-electron chi connectivity index (χ3n) is 9.50. The van der Waals surface area contributed by atoms with Crippen molar-refractivity contribution in [3.05, 3.63) is 108 Å². The van der Waals surface area contributed by atoms with E-state index in [-0.39, 0.29) is 19.8 Å². The first-order valence-corrected chi connectivity index (χ1v) is 18.9. The highest BCUT2D eigenvalue weighted by Crippen LogP contribution is 2.37. The third-order valence-corrected chi connectivity index (χ3v) is 9.50. The lowest BCUT2D eigenvalue weighted by Gasteiger charge is -2.51. The maximum atomic E-state index is 12.8. The molecule has 6 rings (SSSR count). The molecule has 0 saturated carbocycles. The van der Waals surface area contributed by atoms with Crippen LogP contribution in [0.15, 0.2) is 91.0 Å². The van der Waals surface area contributed by atoms with E-state index in [1.807, 2.05) is 91.0 Å². The zero-order valence-corrected chi connectivity index (χ0v) is 32.3. The maximum absolute atomic E-state index is 12.8. The van der Waals surface area contributed by atoms with Gasteiger partial charge in [-0.2, -0.15) is 0 Å². The number of nitrogens with one attached hydrogen (secondary N) is 1. The molecule has 3 aromatic carbocycles. The molecule has 306 valence electrons. The molecule has 3 aromatic rings. The Morgan fingerprint density at radius 2 is 1.21 bits per heavy atom. The summed E-state index contributed by atoms with van der Waals surface area (Å²) in [6.45, 7) is 4.82. The van der Waals surface area contributed by atoms with Crippen LogP contribution in [0.5, 0.6) is 0 Å². The van der Waals surface area contributed by atoms with E-state index in [1.54, 1.807) is 0 Å². The highest BCUT2D eigenvalue weighted by molar-refractivity contribution is 5.73. The summed E-state index contributed by atoms with van der Waals surface area (Å²) in [5, 5.41) is 2.78. The van der Waals surface area contributed by atoms with Crippen molar-refractivity contribution >= 4 is 23.8 Å².